The Morgan fingerprint density at radius 2 is 1.52 bits per heavy atom. The number of nitrogens with zero attached hydrogens (tertiary/aromatic N) is 2. The maximum Gasteiger partial charge on any atom is 0.408 e. The van der Waals surface area contributed by atoms with Gasteiger partial charge in [0.1, 0.15) is 18.8 Å². The highest BCUT2D eigenvalue weighted by molar-refractivity contribution is 5.78. The summed E-state index contributed by atoms with van der Waals surface area (Å²) in [7, 11) is 0. The molecule has 2 aromatic carbocycles. The van der Waals surface area contributed by atoms with Crippen molar-refractivity contribution in [3.05, 3.63) is 60.2 Å². The van der Waals surface area contributed by atoms with E-state index in [0.717, 1.165) is 11.3 Å². The van der Waals surface area contributed by atoms with Crippen molar-refractivity contribution in [2.75, 3.05) is 6.54 Å². The van der Waals surface area contributed by atoms with Crippen LogP contribution in [0.15, 0.2) is 64.8 Å². The summed E-state index contributed by atoms with van der Waals surface area (Å²) >= 11 is 0. The molecule has 7 heteroatoms. The van der Waals surface area contributed by atoms with E-state index in [9.17, 15) is 9.59 Å². The molecular weight excluding hydrogens is 346 g/mol. The van der Waals surface area contributed by atoms with E-state index in [-0.39, 0.29) is 13.2 Å². The van der Waals surface area contributed by atoms with Crippen LogP contribution in [-0.4, -0.2) is 24.2 Å². The summed E-state index contributed by atoms with van der Waals surface area (Å²) in [5.41, 5.74) is 1.65. The molecule has 0 saturated heterocycles. The molecule has 0 saturated carbocycles. The summed E-state index contributed by atoms with van der Waals surface area (Å²) < 4.78 is 10.2. The zero-order valence-electron chi connectivity index (χ0n) is 15.6. The average molecular weight is 369 g/mol. The minimum atomic E-state index is -0.660. The molecule has 0 aliphatic heterocycles. The topological polar surface area (TPSA) is 89.3 Å². The standard InChI is InChI=1S/C20H23N3O4/c1-20(2,3)27-19(25)21-13-18(24)26-14-15-9-11-17(12-10-15)23-22-16-7-5-4-6-8-16/h4-12H,13-14H2,1-3H3,(H,21,25). The summed E-state index contributed by atoms with van der Waals surface area (Å²) in [6, 6.07) is 16.6. The lowest BCUT2D eigenvalue weighted by Crippen LogP contribution is -2.36. The van der Waals surface area contributed by atoms with Crippen LogP contribution in [0.2, 0.25) is 0 Å². The zero-order valence-corrected chi connectivity index (χ0v) is 15.6. The first-order valence-electron chi connectivity index (χ1n) is 8.50. The third-order valence-corrected chi connectivity index (χ3v) is 3.15. The number of carbonyl (C=O) groups excluding carboxylic acids is 2. The molecule has 27 heavy (non-hydrogen) atoms. The van der Waals surface area contributed by atoms with Crippen LogP contribution in [0, 0.1) is 0 Å². The van der Waals surface area contributed by atoms with E-state index in [1.54, 1.807) is 45.0 Å². The molecule has 0 spiro atoms. The lowest BCUT2D eigenvalue weighted by molar-refractivity contribution is -0.143. The average Bonchev–Trinajstić information content (AvgIpc) is 2.63. The number of rotatable bonds is 6. The number of carbonyl (C=O) groups is 2. The van der Waals surface area contributed by atoms with Crippen molar-refractivity contribution in [2.45, 2.75) is 33.0 Å². The molecule has 0 radical (unpaired) electrons. The normalized spacial score (nSPS) is 11.2. The van der Waals surface area contributed by atoms with Gasteiger partial charge in [-0.3, -0.25) is 4.79 Å². The Labute approximate surface area is 158 Å². The van der Waals surface area contributed by atoms with Gasteiger partial charge in [0.05, 0.1) is 11.4 Å². The second kappa shape index (κ2) is 9.47. The molecule has 7 nitrogen and oxygen atoms in total. The molecule has 0 atom stereocenters. The van der Waals surface area contributed by atoms with Gasteiger partial charge in [0.2, 0.25) is 0 Å². The minimum absolute atomic E-state index is 0.102. The van der Waals surface area contributed by atoms with Crippen LogP contribution in [-0.2, 0) is 20.9 Å². The molecule has 0 unspecified atom stereocenters. The highest BCUT2D eigenvalue weighted by Gasteiger charge is 2.16. The number of ether oxygens (including phenoxy) is 2. The van der Waals surface area contributed by atoms with Gasteiger partial charge in [0.25, 0.3) is 0 Å². The minimum Gasteiger partial charge on any atom is -0.460 e. The summed E-state index contributed by atoms with van der Waals surface area (Å²) in [5, 5.41) is 10.6. The summed E-state index contributed by atoms with van der Waals surface area (Å²) in [4.78, 5) is 23.2. The van der Waals surface area contributed by atoms with Crippen LogP contribution in [0.1, 0.15) is 26.3 Å². The highest BCUT2D eigenvalue weighted by atomic mass is 16.6. The Balaban J connectivity index is 1.75. The molecule has 1 N–H and O–H groups in total. The quantitative estimate of drug-likeness (QED) is 0.592. The number of benzene rings is 2. The Morgan fingerprint density at radius 3 is 2.11 bits per heavy atom. The second-order valence-electron chi connectivity index (χ2n) is 6.72. The SMILES string of the molecule is CC(C)(C)OC(=O)NCC(=O)OCc1ccc(N=Nc2ccccc2)cc1. The lowest BCUT2D eigenvalue weighted by Gasteiger charge is -2.19. The van der Waals surface area contributed by atoms with Crippen LogP contribution in [0.5, 0.6) is 0 Å². The molecule has 142 valence electrons. The fraction of sp³-hybridized carbons (Fsp3) is 0.300. The van der Waals surface area contributed by atoms with Gasteiger partial charge < -0.3 is 14.8 Å². The Hall–Kier alpha value is -3.22. The molecule has 2 aromatic rings. The fourth-order valence-corrected chi connectivity index (χ4v) is 1.94. The molecular formula is C20H23N3O4. The van der Waals surface area contributed by atoms with E-state index in [0.29, 0.717) is 5.69 Å². The maximum absolute atomic E-state index is 11.7. The van der Waals surface area contributed by atoms with E-state index in [1.165, 1.54) is 0 Å². The highest BCUT2D eigenvalue weighted by Crippen LogP contribution is 2.18. The van der Waals surface area contributed by atoms with Crippen LogP contribution < -0.4 is 5.32 Å². The number of hydrogen-bond donors (Lipinski definition) is 1. The van der Waals surface area contributed by atoms with Crippen molar-refractivity contribution in [3.63, 3.8) is 0 Å². The summed E-state index contributed by atoms with van der Waals surface area (Å²) in [6.45, 7) is 5.08. The number of alkyl carbamates (subject to hydrolysis) is 1. The van der Waals surface area contributed by atoms with Crippen molar-refractivity contribution < 1.29 is 19.1 Å². The molecule has 2 rings (SSSR count). The van der Waals surface area contributed by atoms with Gasteiger partial charge in [-0.2, -0.15) is 10.2 Å². The second-order valence-corrected chi connectivity index (χ2v) is 6.72. The Kier molecular flexibility index (Phi) is 7.05. The third-order valence-electron chi connectivity index (χ3n) is 3.15. The predicted molar refractivity (Wildman–Crippen MR) is 101 cm³/mol. The molecule has 0 aliphatic carbocycles. The van der Waals surface area contributed by atoms with Crippen molar-refractivity contribution in [1.29, 1.82) is 0 Å². The van der Waals surface area contributed by atoms with Gasteiger partial charge in [0.15, 0.2) is 0 Å². The van der Waals surface area contributed by atoms with E-state index in [1.807, 2.05) is 30.3 Å². The zero-order chi connectivity index (χ0) is 19.7. The number of hydrogen-bond acceptors (Lipinski definition) is 6. The van der Waals surface area contributed by atoms with Crippen LogP contribution in [0.4, 0.5) is 16.2 Å². The Morgan fingerprint density at radius 1 is 0.926 bits per heavy atom. The van der Waals surface area contributed by atoms with Crippen molar-refractivity contribution in [2.24, 2.45) is 10.2 Å². The first-order valence-corrected chi connectivity index (χ1v) is 8.50. The van der Waals surface area contributed by atoms with Crippen molar-refractivity contribution >= 4 is 23.4 Å². The van der Waals surface area contributed by atoms with Gasteiger partial charge in [-0.05, 0) is 50.6 Å². The van der Waals surface area contributed by atoms with Crippen LogP contribution in [0.25, 0.3) is 0 Å². The number of esters is 1. The molecule has 0 aromatic heterocycles. The fourth-order valence-electron chi connectivity index (χ4n) is 1.94. The van der Waals surface area contributed by atoms with Gasteiger partial charge >= 0.3 is 12.1 Å². The number of nitrogens with one attached hydrogen (secondary N) is 1. The van der Waals surface area contributed by atoms with Gasteiger partial charge in [-0.1, -0.05) is 30.3 Å². The maximum atomic E-state index is 11.7. The van der Waals surface area contributed by atoms with Crippen LogP contribution in [0.3, 0.4) is 0 Å². The number of azo groups is 1. The van der Waals surface area contributed by atoms with Gasteiger partial charge in [-0.25, -0.2) is 4.79 Å². The number of amides is 1. The molecule has 0 bridgehead atoms. The molecule has 0 heterocycles. The largest absolute Gasteiger partial charge is 0.460 e. The molecule has 1 amide bonds. The monoisotopic (exact) mass is 369 g/mol. The van der Waals surface area contributed by atoms with Crippen molar-refractivity contribution in [1.82, 2.24) is 5.32 Å². The summed E-state index contributed by atoms with van der Waals surface area (Å²) in [6.07, 6.45) is -0.660. The van der Waals surface area contributed by atoms with E-state index in [4.69, 9.17) is 9.47 Å². The van der Waals surface area contributed by atoms with Gasteiger partial charge in [-0.15, -0.1) is 0 Å². The van der Waals surface area contributed by atoms with E-state index >= 15 is 0 Å². The molecule has 0 fully saturated rings. The first-order chi connectivity index (χ1) is 12.8. The lowest BCUT2D eigenvalue weighted by atomic mass is 10.2. The van der Waals surface area contributed by atoms with Crippen molar-refractivity contribution in [3.8, 4) is 0 Å². The third kappa shape index (κ3) is 8.13. The van der Waals surface area contributed by atoms with E-state index in [2.05, 4.69) is 15.5 Å². The predicted octanol–water partition coefficient (Wildman–Crippen LogP) is 4.67. The smallest absolute Gasteiger partial charge is 0.408 e. The van der Waals surface area contributed by atoms with E-state index < -0.39 is 17.7 Å². The Bertz CT molecular complexity index is 781. The van der Waals surface area contributed by atoms with Gasteiger partial charge in [0, 0.05) is 0 Å². The molecule has 0 aliphatic rings. The van der Waals surface area contributed by atoms with Crippen LogP contribution >= 0.6 is 0 Å². The first kappa shape index (κ1) is 20.1. The summed E-state index contributed by atoms with van der Waals surface area (Å²) in [5.74, 6) is -0.547.